The topological polar surface area (TPSA) is 89.4 Å². The van der Waals surface area contributed by atoms with Gasteiger partial charge in [-0.1, -0.05) is 71.7 Å². The molecule has 0 aliphatic rings. The van der Waals surface area contributed by atoms with Gasteiger partial charge >= 0.3 is 0 Å². The van der Waals surface area contributed by atoms with E-state index in [0.29, 0.717) is 37.0 Å². The third-order valence-electron chi connectivity index (χ3n) is 8.39. The minimum Gasteiger partial charge on any atom is -0.505 e. The van der Waals surface area contributed by atoms with Gasteiger partial charge in [0.2, 0.25) is 0 Å². The number of anilines is 2. The lowest BCUT2D eigenvalue weighted by molar-refractivity contribution is 0.414. The Kier molecular flexibility index (Phi) is 14.7. The first kappa shape index (κ1) is 40.0. The minimum atomic E-state index is -0.0331. The van der Waals surface area contributed by atoms with Crippen molar-refractivity contribution in [3.05, 3.63) is 158 Å². The Bertz CT molecular complexity index is 1820. The second kappa shape index (κ2) is 19.8. The third-order valence-corrected chi connectivity index (χ3v) is 9.87. The van der Waals surface area contributed by atoms with E-state index in [1.165, 1.54) is 6.20 Å². The number of pyridine rings is 2. The van der Waals surface area contributed by atoms with Gasteiger partial charge < -0.3 is 33.9 Å². The van der Waals surface area contributed by atoms with E-state index in [9.17, 15) is 5.11 Å². The van der Waals surface area contributed by atoms with Crippen LogP contribution in [0.3, 0.4) is 0 Å². The van der Waals surface area contributed by atoms with E-state index >= 15 is 0 Å². The van der Waals surface area contributed by atoms with Crippen molar-refractivity contribution in [2.24, 2.45) is 0 Å². The Labute approximate surface area is 334 Å². The number of halogens is 3. The van der Waals surface area contributed by atoms with Crippen molar-refractivity contribution < 1.29 is 24.1 Å². The predicted octanol–water partition coefficient (Wildman–Crippen LogP) is 10.4. The zero-order valence-electron chi connectivity index (χ0n) is 30.4. The second-order valence-electron chi connectivity index (χ2n) is 12.1. The van der Waals surface area contributed by atoms with Gasteiger partial charge in [0.05, 0.1) is 49.2 Å². The molecule has 0 fully saturated rings. The first-order chi connectivity index (χ1) is 26.2. The lowest BCUT2D eigenvalue weighted by atomic mass is 10.1. The van der Waals surface area contributed by atoms with Gasteiger partial charge in [-0.15, -0.1) is 0 Å². The molecular formula is C42H41BrCl2N4O5. The van der Waals surface area contributed by atoms with Gasteiger partial charge in [-0.05, 0) is 86.7 Å². The van der Waals surface area contributed by atoms with Crippen LogP contribution < -0.4 is 28.7 Å². The first-order valence-electron chi connectivity index (χ1n) is 16.8. The van der Waals surface area contributed by atoms with Gasteiger partial charge in [-0.25, -0.2) is 9.97 Å². The Morgan fingerprint density at radius 2 is 0.796 bits per heavy atom. The maximum absolute atomic E-state index is 9.68. The summed E-state index contributed by atoms with van der Waals surface area (Å²) in [7, 11) is 6.62. The lowest BCUT2D eigenvalue weighted by Gasteiger charge is -2.24. The van der Waals surface area contributed by atoms with Crippen LogP contribution in [0, 0.1) is 0 Å². The number of methoxy groups -OCH3 is 4. The highest BCUT2D eigenvalue weighted by atomic mass is 79.9. The monoisotopic (exact) mass is 830 g/mol. The van der Waals surface area contributed by atoms with Crippen LogP contribution in [0.1, 0.15) is 22.3 Å². The number of aromatic nitrogens is 2. The van der Waals surface area contributed by atoms with Gasteiger partial charge in [0.25, 0.3) is 0 Å². The number of rotatable bonds is 14. The molecule has 0 aliphatic carbocycles. The molecule has 0 saturated carbocycles. The molecule has 0 aliphatic heterocycles. The molecule has 280 valence electrons. The van der Waals surface area contributed by atoms with Crippen molar-refractivity contribution in [1.29, 1.82) is 0 Å². The molecule has 9 nitrogen and oxygen atoms in total. The number of aromatic hydroxyl groups is 1. The van der Waals surface area contributed by atoms with Gasteiger partial charge in [-0.3, -0.25) is 0 Å². The molecule has 6 rings (SSSR count). The summed E-state index contributed by atoms with van der Waals surface area (Å²) in [6.45, 7) is 2.65. The molecule has 6 aromatic rings. The Hall–Kier alpha value is -5.16. The molecule has 2 aromatic heterocycles. The molecule has 0 spiro atoms. The maximum Gasteiger partial charge on any atom is 0.152 e. The van der Waals surface area contributed by atoms with Crippen LogP contribution in [0.2, 0.25) is 10.0 Å². The Balaban J connectivity index is 0.000000208. The van der Waals surface area contributed by atoms with E-state index in [-0.39, 0.29) is 10.8 Å². The summed E-state index contributed by atoms with van der Waals surface area (Å²) in [6.07, 6.45) is 3.10. The molecule has 2 heterocycles. The fourth-order valence-corrected chi connectivity index (χ4v) is 5.91. The molecule has 12 heteroatoms. The van der Waals surface area contributed by atoms with E-state index in [1.807, 2.05) is 78.9 Å². The molecule has 4 aromatic carbocycles. The fourth-order valence-electron chi connectivity index (χ4n) is 5.40. The normalized spacial score (nSPS) is 10.5. The van der Waals surface area contributed by atoms with Crippen molar-refractivity contribution in [2.45, 2.75) is 26.2 Å². The van der Waals surface area contributed by atoms with E-state index in [0.717, 1.165) is 55.5 Å². The number of nitrogens with zero attached hydrogens (tertiary/aromatic N) is 4. The summed E-state index contributed by atoms with van der Waals surface area (Å²) in [4.78, 5) is 13.2. The van der Waals surface area contributed by atoms with E-state index in [1.54, 1.807) is 40.7 Å². The Morgan fingerprint density at radius 3 is 1.07 bits per heavy atom. The van der Waals surface area contributed by atoms with Crippen molar-refractivity contribution in [3.8, 4) is 28.7 Å². The first-order valence-corrected chi connectivity index (χ1v) is 18.4. The fraction of sp³-hybridized carbons (Fsp3) is 0.190. The maximum atomic E-state index is 9.68. The molecule has 54 heavy (non-hydrogen) atoms. The number of benzene rings is 4. The van der Waals surface area contributed by atoms with Crippen LogP contribution in [-0.4, -0.2) is 43.5 Å². The largest absolute Gasteiger partial charge is 0.505 e. The van der Waals surface area contributed by atoms with Crippen LogP contribution in [0.15, 0.2) is 126 Å². The summed E-state index contributed by atoms with van der Waals surface area (Å²) < 4.78 is 21.7. The van der Waals surface area contributed by atoms with E-state index in [4.69, 9.17) is 42.1 Å². The third kappa shape index (κ3) is 11.4. The van der Waals surface area contributed by atoms with Gasteiger partial charge in [0.1, 0.15) is 34.6 Å². The average Bonchev–Trinajstić information content (AvgIpc) is 3.21. The number of hydrogen-bond acceptors (Lipinski definition) is 9. The summed E-state index contributed by atoms with van der Waals surface area (Å²) in [5.41, 5.74) is 4.53. The average molecular weight is 833 g/mol. The molecule has 0 unspecified atom stereocenters. The standard InChI is InChI=1S/C21H20BrClN2O2.C21H21ClN2O3/c1-26-17-7-3-15(4-8-17)13-25(21-11-20(23)19(22)12-24-21)14-16-5-9-18(27-2)10-6-16;1-26-17-7-3-15(4-8-17)13-24(21-11-19(22)20(25)12-23-21)14-16-5-9-18(27-2)10-6-16/h3-12H,13-14H2,1-2H3;3-12,25H,13-14H2,1-2H3. The van der Waals surface area contributed by atoms with Gasteiger partial charge in [0.15, 0.2) is 5.75 Å². The predicted molar refractivity (Wildman–Crippen MR) is 220 cm³/mol. The molecule has 0 saturated heterocycles. The quantitative estimate of drug-likeness (QED) is 0.115. The lowest BCUT2D eigenvalue weighted by Crippen LogP contribution is -2.23. The smallest absolute Gasteiger partial charge is 0.152 e. The highest BCUT2D eigenvalue weighted by Crippen LogP contribution is 2.30. The van der Waals surface area contributed by atoms with Crippen LogP contribution >= 0.6 is 39.1 Å². The number of hydrogen-bond donors (Lipinski definition) is 1. The van der Waals surface area contributed by atoms with Gasteiger partial charge in [-0.2, -0.15) is 0 Å². The summed E-state index contributed by atoms with van der Waals surface area (Å²) in [5.74, 6) is 4.77. The van der Waals surface area contributed by atoms with Crippen molar-refractivity contribution in [3.63, 3.8) is 0 Å². The summed E-state index contributed by atoms with van der Waals surface area (Å²) >= 11 is 15.8. The summed E-state index contributed by atoms with van der Waals surface area (Å²) in [5, 5.41) is 10.6. The number of ether oxygens (including phenoxy) is 4. The summed E-state index contributed by atoms with van der Waals surface area (Å²) in [6, 6.07) is 35.4. The molecular weight excluding hydrogens is 791 g/mol. The highest BCUT2D eigenvalue weighted by molar-refractivity contribution is 9.10. The highest BCUT2D eigenvalue weighted by Gasteiger charge is 2.14. The van der Waals surface area contributed by atoms with Crippen molar-refractivity contribution >= 4 is 50.8 Å². The SMILES string of the molecule is COc1ccc(CN(Cc2ccc(OC)cc2)c2cc(Cl)c(Br)cn2)cc1.COc1ccc(CN(Cc2ccc(OC)cc2)c2cc(Cl)c(O)cn2)cc1. The molecule has 0 radical (unpaired) electrons. The van der Waals surface area contributed by atoms with Crippen LogP contribution in [0.25, 0.3) is 0 Å². The zero-order valence-corrected chi connectivity index (χ0v) is 33.5. The Morgan fingerprint density at radius 1 is 0.500 bits per heavy atom. The van der Waals surface area contributed by atoms with Gasteiger partial charge in [0, 0.05) is 44.5 Å². The van der Waals surface area contributed by atoms with Crippen LogP contribution in [0.4, 0.5) is 11.6 Å². The van der Waals surface area contributed by atoms with Crippen LogP contribution in [-0.2, 0) is 26.2 Å². The van der Waals surface area contributed by atoms with E-state index < -0.39 is 0 Å². The molecule has 0 amide bonds. The van der Waals surface area contributed by atoms with Crippen molar-refractivity contribution in [2.75, 3.05) is 38.2 Å². The minimum absolute atomic E-state index is 0.0331. The molecule has 0 bridgehead atoms. The molecule has 0 atom stereocenters. The van der Waals surface area contributed by atoms with E-state index in [2.05, 4.69) is 60.0 Å². The second-order valence-corrected chi connectivity index (χ2v) is 13.7. The van der Waals surface area contributed by atoms with Crippen molar-refractivity contribution in [1.82, 2.24) is 9.97 Å². The zero-order chi connectivity index (χ0) is 38.5. The van der Waals surface area contributed by atoms with Crippen LogP contribution in [0.5, 0.6) is 28.7 Å². The molecule has 1 N–H and O–H groups in total.